The van der Waals surface area contributed by atoms with Crippen molar-refractivity contribution < 1.29 is 0 Å². The molecule has 0 saturated carbocycles. The highest BCUT2D eigenvalue weighted by Crippen LogP contribution is 2.27. The third-order valence-corrected chi connectivity index (χ3v) is 3.04. The van der Waals surface area contributed by atoms with Gasteiger partial charge in [0.2, 0.25) is 5.28 Å². The number of nitrogens with zero attached hydrogens (tertiary/aromatic N) is 2. The van der Waals surface area contributed by atoms with E-state index >= 15 is 0 Å². The van der Waals surface area contributed by atoms with E-state index in [0.717, 1.165) is 22.2 Å². The third-order valence-electron chi connectivity index (χ3n) is 2.87. The quantitative estimate of drug-likeness (QED) is 0.568. The second-order valence-electron chi connectivity index (χ2n) is 4.23. The zero-order chi connectivity index (χ0) is 14.5. The van der Waals surface area contributed by atoms with Crippen LogP contribution in [0.3, 0.4) is 0 Å². The van der Waals surface area contributed by atoms with Crippen molar-refractivity contribution in [3.63, 3.8) is 0 Å². The van der Waals surface area contributed by atoms with Gasteiger partial charge in [0, 0.05) is 10.9 Å². The molecule has 20 heavy (non-hydrogen) atoms. The van der Waals surface area contributed by atoms with Gasteiger partial charge in [0.25, 0.3) is 0 Å². The molecule has 0 spiro atoms. The highest BCUT2D eigenvalue weighted by atomic mass is 35.5. The second-order valence-corrected chi connectivity index (χ2v) is 4.57. The molecular weight excluding hydrogens is 268 g/mol. The lowest BCUT2D eigenvalue weighted by Gasteiger charge is -2.07. The van der Waals surface area contributed by atoms with Crippen LogP contribution >= 0.6 is 11.6 Å². The van der Waals surface area contributed by atoms with Crippen LogP contribution in [-0.2, 0) is 0 Å². The lowest BCUT2D eigenvalue weighted by Crippen LogP contribution is -1.91. The molecule has 3 aromatic rings. The van der Waals surface area contributed by atoms with Gasteiger partial charge in [-0.25, -0.2) is 9.97 Å². The Kier molecular flexibility index (Phi) is 4.70. The van der Waals surface area contributed by atoms with Gasteiger partial charge < -0.3 is 0 Å². The van der Waals surface area contributed by atoms with Crippen LogP contribution in [0.15, 0.2) is 48.5 Å². The van der Waals surface area contributed by atoms with Gasteiger partial charge in [-0.1, -0.05) is 55.8 Å². The second kappa shape index (κ2) is 6.49. The topological polar surface area (TPSA) is 25.8 Å². The smallest absolute Gasteiger partial charge is 0.218 e. The molecule has 3 rings (SSSR count). The summed E-state index contributed by atoms with van der Waals surface area (Å²) in [5.74, 6) is 0. The van der Waals surface area contributed by atoms with E-state index in [1.807, 2.05) is 56.3 Å². The number of rotatable bonds is 1. The predicted molar refractivity (Wildman–Crippen MR) is 86.1 cm³/mol. The summed E-state index contributed by atoms with van der Waals surface area (Å²) < 4.78 is 0. The van der Waals surface area contributed by atoms with E-state index in [1.54, 1.807) is 0 Å². The Morgan fingerprint density at radius 3 is 2.30 bits per heavy atom. The minimum Gasteiger partial charge on any atom is -0.218 e. The summed E-state index contributed by atoms with van der Waals surface area (Å²) in [6.07, 6.45) is 0. The largest absolute Gasteiger partial charge is 0.223 e. The van der Waals surface area contributed by atoms with Crippen LogP contribution in [0.1, 0.15) is 19.4 Å². The molecule has 2 nitrogen and oxygen atoms in total. The number of halogens is 1. The van der Waals surface area contributed by atoms with E-state index in [9.17, 15) is 0 Å². The summed E-state index contributed by atoms with van der Waals surface area (Å²) >= 11 is 5.99. The van der Waals surface area contributed by atoms with Gasteiger partial charge in [-0.2, -0.15) is 0 Å². The molecule has 0 saturated heterocycles. The van der Waals surface area contributed by atoms with E-state index in [1.165, 1.54) is 5.56 Å². The van der Waals surface area contributed by atoms with Crippen molar-refractivity contribution in [3.05, 3.63) is 59.4 Å². The highest BCUT2D eigenvalue weighted by molar-refractivity contribution is 6.28. The first kappa shape index (κ1) is 14.5. The molecule has 0 aliphatic heterocycles. The van der Waals surface area contributed by atoms with Gasteiger partial charge >= 0.3 is 0 Å². The summed E-state index contributed by atoms with van der Waals surface area (Å²) in [7, 11) is 0. The SMILES string of the molecule is CC.Cc1ccc2nc(Cl)nc(-c3ccccc3)c2c1. The van der Waals surface area contributed by atoms with E-state index in [-0.39, 0.29) is 5.28 Å². The summed E-state index contributed by atoms with van der Waals surface area (Å²) in [5.41, 5.74) is 4.00. The lowest BCUT2D eigenvalue weighted by atomic mass is 10.1. The molecule has 0 atom stereocenters. The summed E-state index contributed by atoms with van der Waals surface area (Å²) in [5, 5.41) is 1.32. The highest BCUT2D eigenvalue weighted by Gasteiger charge is 2.08. The van der Waals surface area contributed by atoms with E-state index < -0.39 is 0 Å². The van der Waals surface area contributed by atoms with Crippen molar-refractivity contribution in [2.75, 3.05) is 0 Å². The molecule has 102 valence electrons. The molecule has 0 N–H and O–H groups in total. The monoisotopic (exact) mass is 284 g/mol. The van der Waals surface area contributed by atoms with Crippen molar-refractivity contribution in [2.24, 2.45) is 0 Å². The first-order valence-electron chi connectivity index (χ1n) is 6.73. The molecule has 0 unspecified atom stereocenters. The zero-order valence-corrected chi connectivity index (χ0v) is 12.6. The Morgan fingerprint density at radius 1 is 0.900 bits per heavy atom. The fraction of sp³-hybridized carbons (Fsp3) is 0.176. The van der Waals surface area contributed by atoms with Gasteiger partial charge in [-0.3, -0.25) is 0 Å². The summed E-state index contributed by atoms with van der Waals surface area (Å²) in [6.45, 7) is 6.06. The normalized spacial score (nSPS) is 10.0. The van der Waals surface area contributed by atoms with Crippen molar-refractivity contribution in [1.29, 1.82) is 0 Å². The molecule has 0 aliphatic rings. The Morgan fingerprint density at radius 2 is 1.60 bits per heavy atom. The van der Waals surface area contributed by atoms with Gasteiger partial charge in [0.15, 0.2) is 0 Å². The molecule has 0 amide bonds. The molecule has 1 aromatic heterocycles. The number of hydrogen-bond acceptors (Lipinski definition) is 2. The maximum atomic E-state index is 5.99. The lowest BCUT2D eigenvalue weighted by molar-refractivity contribution is 1.22. The zero-order valence-electron chi connectivity index (χ0n) is 11.9. The molecular formula is C17H17ClN2. The fourth-order valence-corrected chi connectivity index (χ4v) is 2.21. The van der Waals surface area contributed by atoms with E-state index in [2.05, 4.69) is 23.0 Å². The van der Waals surface area contributed by atoms with Gasteiger partial charge in [-0.05, 0) is 30.7 Å². The summed E-state index contributed by atoms with van der Waals surface area (Å²) in [4.78, 5) is 8.62. The number of fused-ring (bicyclic) bond motifs is 1. The van der Waals surface area contributed by atoms with Gasteiger partial charge in [0.1, 0.15) is 0 Å². The minimum atomic E-state index is 0.283. The minimum absolute atomic E-state index is 0.283. The maximum absolute atomic E-state index is 5.99. The third kappa shape index (κ3) is 2.97. The Bertz CT molecular complexity index is 709. The van der Waals surface area contributed by atoms with Crippen LogP contribution in [0.4, 0.5) is 0 Å². The number of aromatic nitrogens is 2. The predicted octanol–water partition coefficient (Wildman–Crippen LogP) is 5.28. The average Bonchev–Trinajstić information content (AvgIpc) is 2.50. The van der Waals surface area contributed by atoms with Crippen LogP contribution in [0.25, 0.3) is 22.2 Å². The fourth-order valence-electron chi connectivity index (χ4n) is 2.03. The number of benzene rings is 2. The average molecular weight is 285 g/mol. The van der Waals surface area contributed by atoms with Crippen LogP contribution in [0.2, 0.25) is 5.28 Å². The van der Waals surface area contributed by atoms with Crippen molar-refractivity contribution >= 4 is 22.5 Å². The van der Waals surface area contributed by atoms with Crippen LogP contribution in [0.5, 0.6) is 0 Å². The molecule has 0 aliphatic carbocycles. The Balaban J connectivity index is 0.000000704. The Labute approximate surface area is 124 Å². The molecule has 0 fully saturated rings. The Hall–Kier alpha value is -1.93. The first-order valence-corrected chi connectivity index (χ1v) is 7.11. The van der Waals surface area contributed by atoms with Crippen LogP contribution < -0.4 is 0 Å². The number of aryl methyl sites for hydroxylation is 1. The van der Waals surface area contributed by atoms with Gasteiger partial charge in [0.05, 0.1) is 11.2 Å². The molecule has 0 bridgehead atoms. The molecule has 0 radical (unpaired) electrons. The first-order chi connectivity index (χ1) is 9.74. The van der Waals surface area contributed by atoms with E-state index in [0.29, 0.717) is 0 Å². The molecule has 3 heteroatoms. The van der Waals surface area contributed by atoms with Crippen LogP contribution in [0, 0.1) is 6.92 Å². The molecule has 2 aromatic carbocycles. The van der Waals surface area contributed by atoms with Crippen molar-refractivity contribution in [3.8, 4) is 11.3 Å². The van der Waals surface area contributed by atoms with E-state index in [4.69, 9.17) is 11.6 Å². The maximum Gasteiger partial charge on any atom is 0.223 e. The van der Waals surface area contributed by atoms with Crippen molar-refractivity contribution in [2.45, 2.75) is 20.8 Å². The standard InChI is InChI=1S/C15H11ClN2.C2H6/c1-10-7-8-13-12(9-10)14(18-15(16)17-13)11-5-3-2-4-6-11;1-2/h2-9H,1H3;1-2H3. The van der Waals surface area contributed by atoms with Gasteiger partial charge in [-0.15, -0.1) is 0 Å². The van der Waals surface area contributed by atoms with Crippen molar-refractivity contribution in [1.82, 2.24) is 9.97 Å². The molecule has 1 heterocycles. The number of hydrogen-bond donors (Lipinski definition) is 0. The summed E-state index contributed by atoms with van der Waals surface area (Å²) in [6, 6.07) is 16.1. The van der Waals surface area contributed by atoms with Crippen LogP contribution in [-0.4, -0.2) is 9.97 Å².